The topological polar surface area (TPSA) is 42.4 Å². The van der Waals surface area contributed by atoms with E-state index in [1.54, 1.807) is 0 Å². The van der Waals surface area contributed by atoms with Crippen molar-refractivity contribution in [2.24, 2.45) is 0 Å². The first-order valence-corrected chi connectivity index (χ1v) is 7.39. The number of fused-ring (bicyclic) bond motifs is 1. The van der Waals surface area contributed by atoms with E-state index in [1.165, 1.54) is 12.0 Å². The van der Waals surface area contributed by atoms with Crippen molar-refractivity contribution in [1.29, 1.82) is 0 Å². The van der Waals surface area contributed by atoms with Gasteiger partial charge in [-0.25, -0.2) is 4.98 Å². The molecule has 19 heavy (non-hydrogen) atoms. The molecule has 1 unspecified atom stereocenters. The standard InChI is InChI=1S/C14H21N2O2P/c1-2-18-13(17)7-3-6-12-9-8-11-5-4-10-16(19)14(11)15-12/h8-9H,2-7,10,19H2,1H3. The molecule has 1 aromatic rings. The highest BCUT2D eigenvalue weighted by atomic mass is 31.0. The van der Waals surface area contributed by atoms with E-state index in [2.05, 4.69) is 26.2 Å². The lowest BCUT2D eigenvalue weighted by Gasteiger charge is -2.26. The Morgan fingerprint density at radius 3 is 3.16 bits per heavy atom. The molecule has 1 aliphatic rings. The minimum Gasteiger partial charge on any atom is -0.466 e. The van der Waals surface area contributed by atoms with Gasteiger partial charge in [0.25, 0.3) is 0 Å². The second-order valence-electron chi connectivity index (χ2n) is 4.74. The summed E-state index contributed by atoms with van der Waals surface area (Å²) in [6.45, 7) is 3.32. The summed E-state index contributed by atoms with van der Waals surface area (Å²) in [4.78, 5) is 16.0. The Morgan fingerprint density at radius 2 is 2.37 bits per heavy atom. The lowest BCUT2D eigenvalue weighted by molar-refractivity contribution is -0.143. The van der Waals surface area contributed by atoms with Crippen LogP contribution in [0.3, 0.4) is 0 Å². The van der Waals surface area contributed by atoms with Crippen LogP contribution in [0.25, 0.3) is 0 Å². The van der Waals surface area contributed by atoms with Gasteiger partial charge in [0.1, 0.15) is 5.82 Å². The van der Waals surface area contributed by atoms with Crippen LogP contribution < -0.4 is 4.67 Å². The molecule has 0 amide bonds. The maximum absolute atomic E-state index is 11.3. The van der Waals surface area contributed by atoms with E-state index in [0.717, 1.165) is 37.3 Å². The average molecular weight is 280 g/mol. The van der Waals surface area contributed by atoms with Crippen molar-refractivity contribution in [2.75, 3.05) is 17.8 Å². The average Bonchev–Trinajstić information content (AvgIpc) is 2.40. The fourth-order valence-electron chi connectivity index (χ4n) is 2.29. The van der Waals surface area contributed by atoms with Crippen LogP contribution in [-0.4, -0.2) is 24.1 Å². The Balaban J connectivity index is 1.91. The maximum atomic E-state index is 11.3. The lowest BCUT2D eigenvalue weighted by Crippen LogP contribution is -2.20. The number of ether oxygens (including phenoxy) is 1. The Bertz CT molecular complexity index is 451. The number of hydrogen-bond acceptors (Lipinski definition) is 4. The molecule has 1 aromatic heterocycles. The van der Waals surface area contributed by atoms with Crippen LogP contribution in [0.5, 0.6) is 0 Å². The van der Waals surface area contributed by atoms with Crippen LogP contribution >= 0.6 is 9.39 Å². The molecule has 0 N–H and O–H groups in total. The van der Waals surface area contributed by atoms with Gasteiger partial charge < -0.3 is 9.41 Å². The molecule has 104 valence electrons. The molecule has 0 aliphatic carbocycles. The number of rotatable bonds is 5. The highest BCUT2D eigenvalue weighted by Gasteiger charge is 2.15. The number of carbonyl (C=O) groups is 1. The lowest BCUT2D eigenvalue weighted by atomic mass is 10.1. The molecule has 0 saturated carbocycles. The van der Waals surface area contributed by atoms with E-state index in [9.17, 15) is 4.79 Å². The number of anilines is 1. The molecule has 4 nitrogen and oxygen atoms in total. The summed E-state index contributed by atoms with van der Waals surface area (Å²) in [7, 11) is 2.73. The van der Waals surface area contributed by atoms with Gasteiger partial charge in [-0.3, -0.25) is 4.79 Å². The number of pyridine rings is 1. The van der Waals surface area contributed by atoms with Gasteiger partial charge in [0.05, 0.1) is 6.61 Å². The van der Waals surface area contributed by atoms with Gasteiger partial charge in [0.2, 0.25) is 0 Å². The van der Waals surface area contributed by atoms with Crippen LogP contribution in [0.4, 0.5) is 5.82 Å². The van der Waals surface area contributed by atoms with Gasteiger partial charge in [-0.1, -0.05) is 6.07 Å². The Kier molecular flexibility index (Phi) is 5.15. The third kappa shape index (κ3) is 3.90. The van der Waals surface area contributed by atoms with Gasteiger partial charge in [-0.05, 0) is 53.6 Å². The molecular formula is C14H21N2O2P. The molecule has 0 saturated heterocycles. The predicted octanol–water partition coefficient (Wildman–Crippen LogP) is 2.51. The van der Waals surface area contributed by atoms with Crippen LogP contribution in [0, 0.1) is 0 Å². The Morgan fingerprint density at radius 1 is 1.53 bits per heavy atom. The maximum Gasteiger partial charge on any atom is 0.305 e. The largest absolute Gasteiger partial charge is 0.466 e. The number of hydrogen-bond donors (Lipinski definition) is 0. The van der Waals surface area contributed by atoms with E-state index >= 15 is 0 Å². The van der Waals surface area contributed by atoms with Gasteiger partial charge in [-0.15, -0.1) is 0 Å². The number of carbonyl (C=O) groups excluding carboxylic acids is 1. The minimum atomic E-state index is -0.117. The summed E-state index contributed by atoms with van der Waals surface area (Å²) in [6, 6.07) is 4.24. The monoisotopic (exact) mass is 280 g/mol. The van der Waals surface area contributed by atoms with E-state index in [1.807, 2.05) is 6.92 Å². The second kappa shape index (κ2) is 6.85. The zero-order chi connectivity index (χ0) is 13.7. The van der Waals surface area contributed by atoms with Gasteiger partial charge in [-0.2, -0.15) is 0 Å². The fourth-order valence-corrected chi connectivity index (χ4v) is 2.70. The number of esters is 1. The first-order chi connectivity index (χ1) is 9.20. The van der Waals surface area contributed by atoms with Crippen molar-refractivity contribution in [3.05, 3.63) is 23.4 Å². The fraction of sp³-hybridized carbons (Fsp3) is 0.571. The summed E-state index contributed by atoms with van der Waals surface area (Å²) < 4.78 is 7.05. The minimum absolute atomic E-state index is 0.117. The molecule has 2 heterocycles. The highest BCUT2D eigenvalue weighted by molar-refractivity contribution is 7.19. The third-order valence-electron chi connectivity index (χ3n) is 3.25. The molecule has 0 bridgehead atoms. The van der Waals surface area contributed by atoms with Crippen molar-refractivity contribution in [2.45, 2.75) is 39.0 Å². The molecule has 1 aliphatic heterocycles. The van der Waals surface area contributed by atoms with Crippen molar-refractivity contribution in [1.82, 2.24) is 4.98 Å². The SMILES string of the molecule is CCOC(=O)CCCc1ccc2c(n1)N(P)CCC2. The zero-order valence-electron chi connectivity index (χ0n) is 11.4. The molecule has 0 spiro atoms. The summed E-state index contributed by atoms with van der Waals surface area (Å²) in [5.41, 5.74) is 2.37. The van der Waals surface area contributed by atoms with Crippen molar-refractivity contribution in [3.63, 3.8) is 0 Å². The first kappa shape index (κ1) is 14.3. The molecule has 5 heteroatoms. The molecule has 2 rings (SSSR count). The number of aryl methyl sites for hydroxylation is 2. The summed E-state index contributed by atoms with van der Waals surface area (Å²) in [6.07, 6.45) is 4.37. The second-order valence-corrected chi connectivity index (χ2v) is 5.36. The zero-order valence-corrected chi connectivity index (χ0v) is 12.5. The third-order valence-corrected chi connectivity index (χ3v) is 3.75. The Labute approximate surface area is 116 Å². The van der Waals surface area contributed by atoms with Gasteiger partial charge in [0, 0.05) is 18.7 Å². The van der Waals surface area contributed by atoms with Crippen LogP contribution in [0.2, 0.25) is 0 Å². The summed E-state index contributed by atoms with van der Waals surface area (Å²) >= 11 is 0. The molecule has 1 atom stereocenters. The Hall–Kier alpha value is -1.15. The van der Waals surface area contributed by atoms with Crippen molar-refractivity contribution < 1.29 is 9.53 Å². The molecule has 0 aromatic carbocycles. The normalized spacial score (nSPS) is 14.1. The molecule has 0 fully saturated rings. The van der Waals surface area contributed by atoms with E-state index < -0.39 is 0 Å². The van der Waals surface area contributed by atoms with E-state index in [-0.39, 0.29) is 5.97 Å². The number of aromatic nitrogens is 1. The first-order valence-electron chi connectivity index (χ1n) is 6.87. The quantitative estimate of drug-likeness (QED) is 0.614. The molecule has 0 radical (unpaired) electrons. The van der Waals surface area contributed by atoms with Crippen LogP contribution in [0.15, 0.2) is 12.1 Å². The number of nitrogens with zero attached hydrogens (tertiary/aromatic N) is 2. The van der Waals surface area contributed by atoms with E-state index in [0.29, 0.717) is 13.0 Å². The highest BCUT2D eigenvalue weighted by Crippen LogP contribution is 2.27. The smallest absolute Gasteiger partial charge is 0.305 e. The summed E-state index contributed by atoms with van der Waals surface area (Å²) in [5.74, 6) is 0.956. The summed E-state index contributed by atoms with van der Waals surface area (Å²) in [5, 5.41) is 0. The van der Waals surface area contributed by atoms with Crippen molar-refractivity contribution in [3.8, 4) is 0 Å². The van der Waals surface area contributed by atoms with Crippen LogP contribution in [0.1, 0.15) is 37.4 Å². The van der Waals surface area contributed by atoms with Crippen molar-refractivity contribution >= 4 is 21.2 Å². The van der Waals surface area contributed by atoms with E-state index in [4.69, 9.17) is 9.72 Å². The van der Waals surface area contributed by atoms with Crippen LogP contribution in [-0.2, 0) is 22.4 Å². The predicted molar refractivity (Wildman–Crippen MR) is 79.2 cm³/mol. The molecular weight excluding hydrogens is 259 g/mol. The van der Waals surface area contributed by atoms with Gasteiger partial charge in [0.15, 0.2) is 0 Å². The van der Waals surface area contributed by atoms with Gasteiger partial charge >= 0.3 is 5.97 Å².